The molecular weight excluding hydrogens is 1010 g/mol. The molecule has 0 bridgehead atoms. The van der Waals surface area contributed by atoms with Crippen molar-refractivity contribution >= 4 is 17.9 Å². The quantitative estimate of drug-likeness (QED) is 0.0261. The minimum absolute atomic E-state index is 0.0922. The molecular formula is C76H128O6. The summed E-state index contributed by atoms with van der Waals surface area (Å²) in [4.78, 5) is 38.5. The maximum Gasteiger partial charge on any atom is 0.306 e. The van der Waals surface area contributed by atoms with Gasteiger partial charge in [0.15, 0.2) is 6.10 Å². The number of carbonyl (C=O) groups is 3. The van der Waals surface area contributed by atoms with Crippen LogP contribution in [0.2, 0.25) is 0 Å². The summed E-state index contributed by atoms with van der Waals surface area (Å²) < 4.78 is 17.0. The van der Waals surface area contributed by atoms with Gasteiger partial charge in [-0.3, -0.25) is 14.4 Å². The third kappa shape index (κ3) is 66.6. The normalized spacial score (nSPS) is 12.9. The van der Waals surface area contributed by atoms with Crippen molar-refractivity contribution in [1.29, 1.82) is 0 Å². The third-order valence-electron chi connectivity index (χ3n) is 14.7. The summed E-state index contributed by atoms with van der Waals surface area (Å²) in [7, 11) is 0. The summed E-state index contributed by atoms with van der Waals surface area (Å²) in [5.74, 6) is -0.912. The van der Waals surface area contributed by atoms with E-state index < -0.39 is 6.10 Å². The van der Waals surface area contributed by atoms with Crippen molar-refractivity contribution in [3.05, 3.63) is 122 Å². The van der Waals surface area contributed by atoms with E-state index in [0.717, 1.165) is 141 Å². The van der Waals surface area contributed by atoms with E-state index >= 15 is 0 Å². The van der Waals surface area contributed by atoms with Crippen molar-refractivity contribution in [3.63, 3.8) is 0 Å². The molecule has 6 heteroatoms. The predicted molar refractivity (Wildman–Crippen MR) is 357 cm³/mol. The SMILES string of the molecule is CC/C=C\C/C=C\C/C=C\C/C=C\C/C=C\C/C=C\CCCCCCCCC(=O)OCC(COC(=O)CCCCCCC/C=C\C/C=C\CCCCCC)OC(=O)CCCCCCCCCCCCC/C=C\C/C=C\CCCCCCC. The molecule has 0 aliphatic rings. The van der Waals surface area contributed by atoms with Gasteiger partial charge < -0.3 is 14.2 Å². The molecule has 0 aliphatic carbocycles. The minimum atomic E-state index is -0.797. The standard InChI is InChI=1S/C76H128O6/c1-4-7-10-13-16-19-22-25-28-31-33-35-37-38-40-41-43-45-48-51-54-57-60-63-66-69-75(78)81-72-73(71-80-74(77)68-65-62-59-56-53-50-47-30-27-24-21-18-15-12-9-6-3)82-76(79)70-67-64-61-58-55-52-49-46-44-42-39-36-34-32-29-26-23-20-17-14-11-8-5-2/h7,10,16,19,21,23-26,28,30,32-35,38,40,43,45,47,73H,4-6,8-9,11-15,17-18,20,22,27,29,31,36-37,39,41-42,44,46,48-72H2,1-3H3/b10-7-,19-16-,24-21-,26-23-,28-25-,34-32-,35-33-,40-38-,45-43-,47-30-. The van der Waals surface area contributed by atoms with Gasteiger partial charge in [-0.1, -0.05) is 290 Å². The topological polar surface area (TPSA) is 78.9 Å². The lowest BCUT2D eigenvalue weighted by molar-refractivity contribution is -0.167. The Bertz CT molecular complexity index is 1690. The molecule has 0 aromatic heterocycles. The molecule has 0 aliphatic heterocycles. The van der Waals surface area contributed by atoms with E-state index in [4.69, 9.17) is 14.2 Å². The molecule has 0 radical (unpaired) electrons. The monoisotopic (exact) mass is 1140 g/mol. The third-order valence-corrected chi connectivity index (χ3v) is 14.7. The Balaban J connectivity index is 4.42. The lowest BCUT2D eigenvalue weighted by Crippen LogP contribution is -2.30. The fourth-order valence-electron chi connectivity index (χ4n) is 9.51. The Morgan fingerprint density at radius 1 is 0.256 bits per heavy atom. The van der Waals surface area contributed by atoms with Crippen molar-refractivity contribution < 1.29 is 28.6 Å². The molecule has 0 heterocycles. The lowest BCUT2D eigenvalue weighted by Gasteiger charge is -2.18. The lowest BCUT2D eigenvalue weighted by atomic mass is 10.0. The van der Waals surface area contributed by atoms with Gasteiger partial charge in [-0.05, 0) is 135 Å². The summed E-state index contributed by atoms with van der Waals surface area (Å²) in [5, 5.41) is 0. The molecule has 82 heavy (non-hydrogen) atoms. The highest BCUT2D eigenvalue weighted by atomic mass is 16.6. The van der Waals surface area contributed by atoms with Crippen molar-refractivity contribution in [2.24, 2.45) is 0 Å². The van der Waals surface area contributed by atoms with Gasteiger partial charge in [0.05, 0.1) is 0 Å². The second kappa shape index (κ2) is 69.3. The van der Waals surface area contributed by atoms with Gasteiger partial charge in [-0.2, -0.15) is 0 Å². The van der Waals surface area contributed by atoms with Crippen LogP contribution in [0.5, 0.6) is 0 Å². The largest absolute Gasteiger partial charge is 0.462 e. The van der Waals surface area contributed by atoms with Crippen LogP contribution in [0.3, 0.4) is 0 Å². The molecule has 0 saturated heterocycles. The summed E-state index contributed by atoms with van der Waals surface area (Å²) in [5.41, 5.74) is 0. The fourth-order valence-corrected chi connectivity index (χ4v) is 9.51. The van der Waals surface area contributed by atoms with Crippen LogP contribution < -0.4 is 0 Å². The summed E-state index contributed by atoms with van der Waals surface area (Å²) >= 11 is 0. The highest BCUT2D eigenvalue weighted by molar-refractivity contribution is 5.71. The Kier molecular flexibility index (Phi) is 65.8. The van der Waals surface area contributed by atoms with Crippen molar-refractivity contribution in [2.75, 3.05) is 13.2 Å². The maximum absolute atomic E-state index is 13.0. The molecule has 1 atom stereocenters. The number of esters is 3. The highest BCUT2D eigenvalue weighted by Crippen LogP contribution is 2.16. The van der Waals surface area contributed by atoms with Gasteiger partial charge in [-0.25, -0.2) is 0 Å². The van der Waals surface area contributed by atoms with Crippen LogP contribution in [0.4, 0.5) is 0 Å². The predicted octanol–water partition coefficient (Wildman–Crippen LogP) is 23.9. The zero-order chi connectivity index (χ0) is 59.2. The van der Waals surface area contributed by atoms with E-state index in [9.17, 15) is 14.4 Å². The highest BCUT2D eigenvalue weighted by Gasteiger charge is 2.19. The first-order chi connectivity index (χ1) is 40.5. The molecule has 0 aromatic carbocycles. The van der Waals surface area contributed by atoms with Crippen molar-refractivity contribution in [1.82, 2.24) is 0 Å². The van der Waals surface area contributed by atoms with Crippen LogP contribution in [0.1, 0.15) is 323 Å². The van der Waals surface area contributed by atoms with Crippen LogP contribution in [-0.4, -0.2) is 37.2 Å². The summed E-state index contributed by atoms with van der Waals surface area (Å²) in [6.45, 7) is 6.50. The van der Waals surface area contributed by atoms with E-state index in [-0.39, 0.29) is 31.1 Å². The molecule has 468 valence electrons. The molecule has 0 N–H and O–H groups in total. The fraction of sp³-hybridized carbons (Fsp3) is 0.697. The number of hydrogen-bond acceptors (Lipinski definition) is 6. The second-order valence-corrected chi connectivity index (χ2v) is 22.7. The average molecular weight is 1140 g/mol. The molecule has 0 rings (SSSR count). The zero-order valence-corrected chi connectivity index (χ0v) is 53.7. The van der Waals surface area contributed by atoms with E-state index in [0.29, 0.717) is 19.3 Å². The van der Waals surface area contributed by atoms with Gasteiger partial charge >= 0.3 is 17.9 Å². The molecule has 0 aromatic rings. The van der Waals surface area contributed by atoms with Crippen LogP contribution in [-0.2, 0) is 28.6 Å². The number of carbonyl (C=O) groups excluding carboxylic acids is 3. The average Bonchev–Trinajstić information content (AvgIpc) is 3.47. The Morgan fingerprint density at radius 3 is 0.756 bits per heavy atom. The van der Waals surface area contributed by atoms with E-state index in [1.807, 2.05) is 0 Å². The molecule has 0 saturated carbocycles. The summed E-state index contributed by atoms with van der Waals surface area (Å²) in [6, 6.07) is 0. The molecule has 6 nitrogen and oxygen atoms in total. The Morgan fingerprint density at radius 2 is 0.476 bits per heavy atom. The Labute approximate surface area is 507 Å². The van der Waals surface area contributed by atoms with Gasteiger partial charge in [0, 0.05) is 19.3 Å². The van der Waals surface area contributed by atoms with Gasteiger partial charge in [0.1, 0.15) is 13.2 Å². The van der Waals surface area contributed by atoms with Crippen molar-refractivity contribution in [2.45, 2.75) is 329 Å². The number of unbranched alkanes of at least 4 members (excludes halogenated alkanes) is 31. The van der Waals surface area contributed by atoms with Crippen LogP contribution >= 0.6 is 0 Å². The Hall–Kier alpha value is -4.19. The van der Waals surface area contributed by atoms with Crippen LogP contribution in [0.25, 0.3) is 0 Å². The molecule has 0 fully saturated rings. The number of allylic oxidation sites excluding steroid dienone is 20. The first-order valence-corrected chi connectivity index (χ1v) is 34.5. The number of ether oxygens (including phenoxy) is 3. The van der Waals surface area contributed by atoms with Gasteiger partial charge in [-0.15, -0.1) is 0 Å². The zero-order valence-electron chi connectivity index (χ0n) is 53.7. The minimum Gasteiger partial charge on any atom is -0.462 e. The molecule has 0 spiro atoms. The number of hydrogen-bond donors (Lipinski definition) is 0. The maximum atomic E-state index is 13.0. The smallest absolute Gasteiger partial charge is 0.306 e. The van der Waals surface area contributed by atoms with Gasteiger partial charge in [0.2, 0.25) is 0 Å². The van der Waals surface area contributed by atoms with Crippen LogP contribution in [0.15, 0.2) is 122 Å². The van der Waals surface area contributed by atoms with E-state index in [1.165, 1.54) is 141 Å². The van der Waals surface area contributed by atoms with E-state index in [2.05, 4.69) is 142 Å². The first-order valence-electron chi connectivity index (χ1n) is 34.5. The van der Waals surface area contributed by atoms with E-state index in [1.54, 1.807) is 0 Å². The first kappa shape index (κ1) is 77.8. The summed E-state index contributed by atoms with van der Waals surface area (Å²) in [6.07, 6.45) is 96.3. The van der Waals surface area contributed by atoms with Crippen molar-refractivity contribution in [3.8, 4) is 0 Å². The molecule has 1 unspecified atom stereocenters. The molecule has 0 amide bonds. The second-order valence-electron chi connectivity index (χ2n) is 22.7. The van der Waals surface area contributed by atoms with Gasteiger partial charge in [0.25, 0.3) is 0 Å². The van der Waals surface area contributed by atoms with Crippen LogP contribution in [0, 0.1) is 0 Å². The number of rotatable bonds is 62.